The highest BCUT2D eigenvalue weighted by atomic mass is 35.5. The van der Waals surface area contributed by atoms with Crippen molar-refractivity contribution in [3.63, 3.8) is 0 Å². The quantitative estimate of drug-likeness (QED) is 0.275. The molecule has 3 aromatic carbocycles. The molecule has 1 fully saturated rings. The van der Waals surface area contributed by atoms with Gasteiger partial charge in [-0.05, 0) is 53.8 Å². The van der Waals surface area contributed by atoms with E-state index in [1.807, 2.05) is 93.6 Å². The molecule has 7 heteroatoms. The molecule has 39 heavy (non-hydrogen) atoms. The van der Waals surface area contributed by atoms with Crippen LogP contribution in [-0.4, -0.2) is 47.8 Å². The van der Waals surface area contributed by atoms with E-state index in [0.29, 0.717) is 37.5 Å². The largest absolute Gasteiger partial charge is 0.494 e. The first kappa shape index (κ1) is 31.1. The predicted octanol–water partition coefficient (Wildman–Crippen LogP) is 5.84. The lowest BCUT2D eigenvalue weighted by Crippen LogP contribution is -2.56. The van der Waals surface area contributed by atoms with Crippen molar-refractivity contribution in [2.45, 2.75) is 70.6 Å². The molecule has 4 rings (SSSR count). The molecule has 0 amide bonds. The summed E-state index contributed by atoms with van der Waals surface area (Å²) in [5.74, 6) is 0.835. The molecule has 1 aliphatic rings. The van der Waals surface area contributed by atoms with Crippen LogP contribution in [0.2, 0.25) is 5.02 Å². The first-order valence-corrected chi connectivity index (χ1v) is 14.2. The molecule has 4 N–H and O–H groups in total. The molecule has 3 aromatic rings. The van der Waals surface area contributed by atoms with Crippen LogP contribution in [0.1, 0.15) is 62.0 Å². The maximum Gasteiger partial charge on any atom is 0.121 e. The monoisotopic (exact) mass is 555 g/mol. The molecule has 4 atom stereocenters. The summed E-state index contributed by atoms with van der Waals surface area (Å²) in [6.07, 6.45) is -0.0973. The number of halogens is 1. The maximum absolute atomic E-state index is 10.8. The smallest absolute Gasteiger partial charge is 0.121 e. The summed E-state index contributed by atoms with van der Waals surface area (Å²) >= 11 is 6.58. The van der Waals surface area contributed by atoms with Gasteiger partial charge in [-0.2, -0.15) is 0 Å². The minimum Gasteiger partial charge on any atom is -0.494 e. The van der Waals surface area contributed by atoms with E-state index in [2.05, 4.69) is 0 Å². The minimum atomic E-state index is -1.21. The molecule has 0 spiro atoms. The number of aliphatic hydroxyl groups excluding tert-OH is 2. The van der Waals surface area contributed by atoms with Crippen molar-refractivity contribution in [3.8, 4) is 5.75 Å². The van der Waals surface area contributed by atoms with Crippen LogP contribution in [0.3, 0.4) is 0 Å². The van der Waals surface area contributed by atoms with Crippen molar-refractivity contribution in [3.05, 3.63) is 100 Å². The van der Waals surface area contributed by atoms with Gasteiger partial charge < -0.3 is 30.2 Å². The van der Waals surface area contributed by atoms with Crippen LogP contribution in [-0.2, 0) is 22.5 Å². The van der Waals surface area contributed by atoms with Gasteiger partial charge in [-0.15, -0.1) is 0 Å². The third-order valence-corrected chi connectivity index (χ3v) is 7.29. The molecule has 0 radical (unpaired) electrons. The van der Waals surface area contributed by atoms with E-state index in [1.165, 1.54) is 0 Å². The van der Waals surface area contributed by atoms with E-state index < -0.39 is 17.8 Å². The summed E-state index contributed by atoms with van der Waals surface area (Å²) in [6, 6.07) is 23.8. The van der Waals surface area contributed by atoms with Crippen molar-refractivity contribution < 1.29 is 24.4 Å². The van der Waals surface area contributed by atoms with Crippen LogP contribution < -0.4 is 10.5 Å². The molecule has 212 valence electrons. The average molecular weight is 556 g/mol. The zero-order chi connectivity index (χ0) is 28.3. The van der Waals surface area contributed by atoms with Crippen molar-refractivity contribution >= 4 is 11.6 Å². The zero-order valence-corrected chi connectivity index (χ0v) is 23.9. The van der Waals surface area contributed by atoms with E-state index in [1.54, 1.807) is 0 Å². The number of aliphatic hydroxyl groups is 2. The van der Waals surface area contributed by atoms with Crippen LogP contribution in [0, 0.1) is 0 Å². The van der Waals surface area contributed by atoms with Gasteiger partial charge in [-0.1, -0.05) is 80.0 Å². The Morgan fingerprint density at radius 3 is 2.41 bits per heavy atom. The Hall–Kier alpha value is -2.45. The minimum absolute atomic E-state index is 0.0255. The van der Waals surface area contributed by atoms with Gasteiger partial charge in [0.05, 0.1) is 38.1 Å². The summed E-state index contributed by atoms with van der Waals surface area (Å²) in [7, 11) is 0. The molecule has 0 saturated carbocycles. The average Bonchev–Trinajstić information content (AvgIpc) is 2.99. The van der Waals surface area contributed by atoms with Gasteiger partial charge in [-0.3, -0.25) is 0 Å². The van der Waals surface area contributed by atoms with E-state index in [-0.39, 0.29) is 19.3 Å². The van der Waals surface area contributed by atoms with Crippen molar-refractivity contribution in [2.24, 2.45) is 5.73 Å². The lowest BCUT2D eigenvalue weighted by Gasteiger charge is -2.46. The second-order valence-corrected chi connectivity index (χ2v) is 9.95. The molecule has 0 bridgehead atoms. The molecule has 1 saturated heterocycles. The Balaban J connectivity index is 0.00000205. The fourth-order valence-electron chi connectivity index (χ4n) is 4.86. The SMILES string of the molecule is CC.CCOc1ccc(Cc2cc(C3CC(OCc4ccccc4)C[C@@](CO)(C(O)CN)O3)ccc2Cl)cc1. The molecule has 3 unspecified atom stereocenters. The summed E-state index contributed by atoms with van der Waals surface area (Å²) in [5, 5.41) is 21.8. The van der Waals surface area contributed by atoms with Gasteiger partial charge in [-0.25, -0.2) is 0 Å². The van der Waals surface area contributed by atoms with Crippen molar-refractivity contribution in [1.29, 1.82) is 0 Å². The van der Waals surface area contributed by atoms with Crippen LogP contribution in [0.5, 0.6) is 5.75 Å². The normalized spacial score (nSPS) is 21.5. The fourth-order valence-corrected chi connectivity index (χ4v) is 5.05. The number of hydrogen-bond acceptors (Lipinski definition) is 6. The van der Waals surface area contributed by atoms with Gasteiger partial charge >= 0.3 is 0 Å². The molecular weight excluding hydrogens is 514 g/mol. The standard InChI is InChI=1S/C30H36ClNO5.C2H6/c1-2-35-25-11-8-21(9-12-25)14-24-15-23(10-13-27(24)31)28-16-26(36-19-22-6-4-3-5-7-22)17-30(20-33,37-28)29(34)18-32;1-2/h3-13,15,26,28-29,33-34H,2,14,16-20,32H2,1H3;1-2H3/t26?,28?,29?,30-;/m1./s1. The first-order chi connectivity index (χ1) is 19.0. The number of benzene rings is 3. The van der Waals surface area contributed by atoms with E-state index >= 15 is 0 Å². The Kier molecular flexibility index (Phi) is 12.2. The van der Waals surface area contributed by atoms with Gasteiger partial charge in [0, 0.05) is 24.4 Å². The predicted molar refractivity (Wildman–Crippen MR) is 156 cm³/mol. The molecule has 0 aliphatic carbocycles. The zero-order valence-electron chi connectivity index (χ0n) is 23.2. The Bertz CT molecular complexity index is 1130. The molecule has 6 nitrogen and oxygen atoms in total. The number of hydrogen-bond donors (Lipinski definition) is 3. The van der Waals surface area contributed by atoms with Crippen molar-refractivity contribution in [2.75, 3.05) is 19.8 Å². The van der Waals surface area contributed by atoms with Gasteiger partial charge in [0.2, 0.25) is 0 Å². The van der Waals surface area contributed by atoms with E-state index in [9.17, 15) is 10.2 Å². The number of nitrogens with two attached hydrogens (primary N) is 1. The van der Waals surface area contributed by atoms with Crippen LogP contribution in [0.4, 0.5) is 0 Å². The van der Waals surface area contributed by atoms with Gasteiger partial charge in [0.15, 0.2) is 0 Å². The van der Waals surface area contributed by atoms with E-state index in [0.717, 1.165) is 28.0 Å². The van der Waals surface area contributed by atoms with Crippen LogP contribution in [0.25, 0.3) is 0 Å². The summed E-state index contributed by atoms with van der Waals surface area (Å²) in [6.45, 7) is 6.63. The third kappa shape index (κ3) is 8.27. The van der Waals surface area contributed by atoms with Gasteiger partial charge in [0.1, 0.15) is 11.4 Å². The Morgan fingerprint density at radius 1 is 1.05 bits per heavy atom. The second kappa shape index (κ2) is 15.4. The Labute approximate surface area is 237 Å². The summed E-state index contributed by atoms with van der Waals surface area (Å²) in [4.78, 5) is 0. The van der Waals surface area contributed by atoms with Gasteiger partial charge in [0.25, 0.3) is 0 Å². The highest BCUT2D eigenvalue weighted by molar-refractivity contribution is 6.31. The molecule has 0 aromatic heterocycles. The summed E-state index contributed by atoms with van der Waals surface area (Å²) < 4.78 is 18.2. The molecular formula is C32H42ClNO5. The first-order valence-electron chi connectivity index (χ1n) is 13.8. The van der Waals surface area contributed by atoms with Crippen LogP contribution >= 0.6 is 11.6 Å². The highest BCUT2D eigenvalue weighted by Crippen LogP contribution is 2.41. The summed E-state index contributed by atoms with van der Waals surface area (Å²) in [5.41, 5.74) is 8.65. The maximum atomic E-state index is 10.8. The third-order valence-electron chi connectivity index (χ3n) is 6.92. The fraction of sp³-hybridized carbons (Fsp3) is 0.438. The van der Waals surface area contributed by atoms with Crippen molar-refractivity contribution in [1.82, 2.24) is 0 Å². The number of ether oxygens (including phenoxy) is 3. The van der Waals surface area contributed by atoms with Crippen LogP contribution in [0.15, 0.2) is 72.8 Å². The number of rotatable bonds is 11. The molecule has 1 aliphatic heterocycles. The second-order valence-electron chi connectivity index (χ2n) is 9.54. The molecule has 1 heterocycles. The highest BCUT2D eigenvalue weighted by Gasteiger charge is 2.47. The lowest BCUT2D eigenvalue weighted by molar-refractivity contribution is -0.229. The topological polar surface area (TPSA) is 94.2 Å². The van der Waals surface area contributed by atoms with E-state index in [4.69, 9.17) is 31.5 Å². The Morgan fingerprint density at radius 2 is 1.77 bits per heavy atom. The lowest BCUT2D eigenvalue weighted by atomic mass is 9.83.